The zero-order chi connectivity index (χ0) is 25.1. The number of carbonyl (C=O) groups excluding carboxylic acids is 2. The molecule has 0 aromatic heterocycles. The van der Waals surface area contributed by atoms with Crippen molar-refractivity contribution in [2.45, 2.75) is 37.8 Å². The van der Waals surface area contributed by atoms with Gasteiger partial charge in [0.05, 0.1) is 0 Å². The Hall–Kier alpha value is -4.20. The third kappa shape index (κ3) is 4.93. The van der Waals surface area contributed by atoms with Gasteiger partial charge in [0.1, 0.15) is 30.8 Å². The summed E-state index contributed by atoms with van der Waals surface area (Å²) in [5, 5.41) is 23.2. The van der Waals surface area contributed by atoms with Gasteiger partial charge in [0.15, 0.2) is 11.5 Å². The molecule has 1 fully saturated rings. The summed E-state index contributed by atoms with van der Waals surface area (Å²) < 4.78 is 11.3. The van der Waals surface area contributed by atoms with Crippen LogP contribution in [0.2, 0.25) is 0 Å². The fourth-order valence-electron chi connectivity index (χ4n) is 4.77. The van der Waals surface area contributed by atoms with Gasteiger partial charge in [-0.2, -0.15) is 0 Å². The first-order chi connectivity index (χ1) is 17.5. The molecule has 1 heterocycles. The first-order valence-corrected chi connectivity index (χ1v) is 12.1. The minimum atomic E-state index is -1.05. The van der Waals surface area contributed by atoms with E-state index in [1.54, 1.807) is 42.5 Å². The number of hydrogen-bond acceptors (Lipinski definition) is 6. The van der Waals surface area contributed by atoms with Gasteiger partial charge in [0, 0.05) is 23.4 Å². The van der Waals surface area contributed by atoms with Crippen molar-refractivity contribution in [1.82, 2.24) is 5.32 Å². The predicted molar refractivity (Wildman–Crippen MR) is 134 cm³/mol. The van der Waals surface area contributed by atoms with Crippen LogP contribution in [0.15, 0.2) is 66.7 Å². The molecular weight excluding hydrogens is 460 g/mol. The second-order valence-electron chi connectivity index (χ2n) is 9.04. The van der Waals surface area contributed by atoms with Crippen LogP contribution in [0.25, 0.3) is 0 Å². The molecule has 2 amide bonds. The SMILES string of the molecule is O=C(NC1CCCC1)[C@H](c1ccc(O)cc1)N(C(=O)c1ccc2c(c1)OCCO2)c1cccc(O)c1. The van der Waals surface area contributed by atoms with Crippen LogP contribution in [0, 0.1) is 0 Å². The maximum Gasteiger partial charge on any atom is 0.259 e. The highest BCUT2D eigenvalue weighted by Crippen LogP contribution is 2.36. The lowest BCUT2D eigenvalue weighted by Crippen LogP contribution is -2.46. The first kappa shape index (κ1) is 23.5. The monoisotopic (exact) mass is 488 g/mol. The van der Waals surface area contributed by atoms with E-state index in [-0.39, 0.29) is 23.4 Å². The molecule has 0 unspecified atom stereocenters. The summed E-state index contributed by atoms with van der Waals surface area (Å²) >= 11 is 0. The molecule has 0 saturated heterocycles. The third-order valence-electron chi connectivity index (χ3n) is 6.53. The van der Waals surface area contributed by atoms with E-state index in [2.05, 4.69) is 5.32 Å². The average molecular weight is 489 g/mol. The van der Waals surface area contributed by atoms with E-state index in [1.807, 2.05) is 0 Å². The van der Waals surface area contributed by atoms with E-state index in [4.69, 9.17) is 9.47 Å². The van der Waals surface area contributed by atoms with Gasteiger partial charge in [-0.15, -0.1) is 0 Å². The smallest absolute Gasteiger partial charge is 0.259 e. The Morgan fingerprint density at radius 1 is 0.861 bits per heavy atom. The van der Waals surface area contributed by atoms with Gasteiger partial charge in [-0.05, 0) is 60.9 Å². The molecule has 8 nitrogen and oxygen atoms in total. The largest absolute Gasteiger partial charge is 0.508 e. The number of phenolic OH excluding ortho intramolecular Hbond substituents is 2. The number of fused-ring (bicyclic) bond motifs is 1. The van der Waals surface area contributed by atoms with Crippen molar-refractivity contribution in [2.75, 3.05) is 18.1 Å². The Labute approximate surface area is 209 Å². The third-order valence-corrected chi connectivity index (χ3v) is 6.53. The van der Waals surface area contributed by atoms with Crippen LogP contribution < -0.4 is 19.7 Å². The number of hydrogen-bond donors (Lipinski definition) is 3. The second-order valence-corrected chi connectivity index (χ2v) is 9.04. The molecule has 5 rings (SSSR count). The van der Waals surface area contributed by atoms with E-state index in [1.165, 1.54) is 29.2 Å². The van der Waals surface area contributed by atoms with Gasteiger partial charge < -0.3 is 25.0 Å². The van der Waals surface area contributed by atoms with E-state index in [9.17, 15) is 19.8 Å². The molecule has 1 aliphatic carbocycles. The number of phenols is 2. The minimum Gasteiger partial charge on any atom is -0.508 e. The van der Waals surface area contributed by atoms with Gasteiger partial charge in [0.25, 0.3) is 5.91 Å². The Morgan fingerprint density at radius 2 is 1.58 bits per heavy atom. The molecule has 3 N–H and O–H groups in total. The summed E-state index contributed by atoms with van der Waals surface area (Å²) in [5.74, 6) is 0.248. The summed E-state index contributed by atoms with van der Waals surface area (Å²) in [4.78, 5) is 29.2. The molecule has 0 bridgehead atoms. The van der Waals surface area contributed by atoms with Gasteiger partial charge in [-0.1, -0.05) is 31.0 Å². The maximum absolute atomic E-state index is 14.1. The normalized spacial score (nSPS) is 15.8. The molecule has 36 heavy (non-hydrogen) atoms. The van der Waals surface area contributed by atoms with Crippen LogP contribution in [-0.4, -0.2) is 41.3 Å². The van der Waals surface area contributed by atoms with Gasteiger partial charge in [0.2, 0.25) is 5.91 Å². The average Bonchev–Trinajstić information content (AvgIpc) is 3.40. The Balaban J connectivity index is 1.60. The van der Waals surface area contributed by atoms with Gasteiger partial charge in [-0.3, -0.25) is 14.5 Å². The summed E-state index contributed by atoms with van der Waals surface area (Å²) in [6.07, 6.45) is 3.86. The highest BCUT2D eigenvalue weighted by molar-refractivity contribution is 6.10. The van der Waals surface area contributed by atoms with Gasteiger partial charge in [-0.25, -0.2) is 0 Å². The lowest BCUT2D eigenvalue weighted by atomic mass is 10.0. The Morgan fingerprint density at radius 3 is 2.31 bits per heavy atom. The van der Waals surface area contributed by atoms with Crippen molar-refractivity contribution >= 4 is 17.5 Å². The lowest BCUT2D eigenvalue weighted by Gasteiger charge is -2.32. The Bertz CT molecular complexity index is 1250. The van der Waals surface area contributed by atoms with E-state index >= 15 is 0 Å². The number of nitrogens with one attached hydrogen (secondary N) is 1. The molecule has 8 heteroatoms. The van der Waals surface area contributed by atoms with E-state index in [0.29, 0.717) is 41.5 Å². The highest BCUT2D eigenvalue weighted by Gasteiger charge is 2.35. The number of anilines is 1. The molecule has 186 valence electrons. The quantitative estimate of drug-likeness (QED) is 0.477. The molecule has 1 atom stereocenters. The molecule has 0 radical (unpaired) electrons. The van der Waals surface area contributed by atoms with Crippen molar-refractivity contribution in [3.8, 4) is 23.0 Å². The van der Waals surface area contributed by atoms with Crippen LogP contribution >= 0.6 is 0 Å². The Kier molecular flexibility index (Phi) is 6.66. The number of nitrogens with zero attached hydrogens (tertiary/aromatic N) is 1. The molecular formula is C28H28N2O6. The van der Waals surface area contributed by atoms with Crippen LogP contribution in [0.1, 0.15) is 47.6 Å². The van der Waals surface area contributed by atoms with Crippen molar-refractivity contribution in [2.24, 2.45) is 0 Å². The summed E-state index contributed by atoms with van der Waals surface area (Å²) in [7, 11) is 0. The molecule has 3 aromatic carbocycles. The number of benzene rings is 3. The van der Waals surface area contributed by atoms with E-state index in [0.717, 1.165) is 25.7 Å². The molecule has 3 aromatic rings. The van der Waals surface area contributed by atoms with Crippen molar-refractivity contribution < 1.29 is 29.3 Å². The number of ether oxygens (including phenoxy) is 2. The fraction of sp³-hybridized carbons (Fsp3) is 0.286. The van der Waals surface area contributed by atoms with Crippen molar-refractivity contribution in [3.63, 3.8) is 0 Å². The first-order valence-electron chi connectivity index (χ1n) is 12.1. The maximum atomic E-state index is 14.1. The van der Waals surface area contributed by atoms with E-state index < -0.39 is 11.9 Å². The minimum absolute atomic E-state index is 0.0341. The zero-order valence-corrected chi connectivity index (χ0v) is 19.7. The number of amides is 2. The summed E-state index contributed by atoms with van der Waals surface area (Å²) in [6, 6.07) is 16.4. The van der Waals surface area contributed by atoms with Crippen LogP contribution in [0.4, 0.5) is 5.69 Å². The van der Waals surface area contributed by atoms with Crippen LogP contribution in [0.5, 0.6) is 23.0 Å². The molecule has 1 aliphatic heterocycles. The highest BCUT2D eigenvalue weighted by atomic mass is 16.6. The molecule has 1 saturated carbocycles. The number of rotatable bonds is 6. The standard InChI is InChI=1S/C28H28N2O6/c31-22-11-8-18(9-12-22)26(27(33)29-20-4-1-2-5-20)30(21-6-3-7-23(32)17-21)28(34)19-10-13-24-25(16-19)36-15-14-35-24/h3,6-13,16-17,20,26,31-32H,1-2,4-5,14-15H2,(H,29,33)/t26-/m0/s1. The topological polar surface area (TPSA) is 108 Å². The van der Waals surface area contributed by atoms with Crippen molar-refractivity contribution in [3.05, 3.63) is 77.9 Å². The second kappa shape index (κ2) is 10.2. The zero-order valence-electron chi connectivity index (χ0n) is 19.7. The van der Waals surface area contributed by atoms with Crippen LogP contribution in [-0.2, 0) is 4.79 Å². The molecule has 0 spiro atoms. The van der Waals surface area contributed by atoms with Crippen LogP contribution in [0.3, 0.4) is 0 Å². The summed E-state index contributed by atoms with van der Waals surface area (Å²) in [5.41, 5.74) is 1.19. The molecule has 2 aliphatic rings. The van der Waals surface area contributed by atoms with Gasteiger partial charge >= 0.3 is 0 Å². The number of carbonyl (C=O) groups is 2. The van der Waals surface area contributed by atoms with Crippen molar-refractivity contribution in [1.29, 1.82) is 0 Å². The number of aromatic hydroxyl groups is 2. The summed E-state index contributed by atoms with van der Waals surface area (Å²) in [6.45, 7) is 0.806. The predicted octanol–water partition coefficient (Wildman–Crippen LogP) is 4.32. The fourth-order valence-corrected chi connectivity index (χ4v) is 4.77. The lowest BCUT2D eigenvalue weighted by molar-refractivity contribution is -0.123.